The van der Waals surface area contributed by atoms with Crippen LogP contribution in [0.2, 0.25) is 0 Å². The van der Waals surface area contributed by atoms with Crippen LogP contribution in [-0.4, -0.2) is 23.1 Å². The molecule has 0 amide bonds. The van der Waals surface area contributed by atoms with Crippen LogP contribution in [0.15, 0.2) is 18.2 Å². The molecule has 0 saturated carbocycles. The molecule has 1 heterocycles. The van der Waals surface area contributed by atoms with E-state index in [2.05, 4.69) is 18.7 Å². The fourth-order valence-electron chi connectivity index (χ4n) is 2.53. The first-order valence-corrected chi connectivity index (χ1v) is 6.29. The van der Waals surface area contributed by atoms with Crippen LogP contribution < -0.4 is 0 Å². The molecular formula is C14H18F3NO. The molecule has 0 aliphatic carbocycles. The van der Waals surface area contributed by atoms with Gasteiger partial charge in [0.25, 0.3) is 0 Å². The lowest BCUT2D eigenvalue weighted by Crippen LogP contribution is -2.23. The van der Waals surface area contributed by atoms with Crippen molar-refractivity contribution in [2.45, 2.75) is 33.0 Å². The second-order valence-electron chi connectivity index (χ2n) is 5.97. The third kappa shape index (κ3) is 3.41. The smallest absolute Gasteiger partial charge is 0.419 e. The number of benzene rings is 1. The van der Waals surface area contributed by atoms with Crippen LogP contribution in [0, 0.1) is 5.41 Å². The van der Waals surface area contributed by atoms with Crippen molar-refractivity contribution in [2.75, 3.05) is 13.1 Å². The van der Waals surface area contributed by atoms with E-state index in [0.29, 0.717) is 12.1 Å². The summed E-state index contributed by atoms with van der Waals surface area (Å²) in [7, 11) is 0. The predicted molar refractivity (Wildman–Crippen MR) is 66.8 cm³/mol. The summed E-state index contributed by atoms with van der Waals surface area (Å²) in [5, 5.41) is 9.28. The van der Waals surface area contributed by atoms with Crippen LogP contribution in [0.25, 0.3) is 0 Å². The van der Waals surface area contributed by atoms with Crippen molar-refractivity contribution in [1.29, 1.82) is 0 Å². The number of aromatic hydroxyl groups is 1. The standard InChI is InChI=1S/C14H18F3NO/c1-13(2)5-6-18(9-13)8-10-3-4-12(19)11(7-10)14(15,16)17/h3-4,7,19H,5-6,8-9H2,1-2H3. The van der Waals surface area contributed by atoms with Gasteiger partial charge in [0.05, 0.1) is 5.56 Å². The number of halogens is 3. The van der Waals surface area contributed by atoms with E-state index in [4.69, 9.17) is 0 Å². The van der Waals surface area contributed by atoms with Crippen molar-refractivity contribution in [3.63, 3.8) is 0 Å². The van der Waals surface area contributed by atoms with Gasteiger partial charge in [-0.1, -0.05) is 19.9 Å². The predicted octanol–water partition coefficient (Wildman–Crippen LogP) is 3.64. The van der Waals surface area contributed by atoms with Crippen LogP contribution in [0.4, 0.5) is 13.2 Å². The summed E-state index contributed by atoms with van der Waals surface area (Å²) in [6.45, 7) is 6.59. The van der Waals surface area contributed by atoms with Gasteiger partial charge in [-0.3, -0.25) is 4.90 Å². The number of nitrogens with zero attached hydrogens (tertiary/aromatic N) is 1. The number of hydrogen-bond donors (Lipinski definition) is 1. The zero-order chi connectivity index (χ0) is 14.3. The summed E-state index contributed by atoms with van der Waals surface area (Å²) in [5.41, 5.74) is -0.143. The van der Waals surface area contributed by atoms with E-state index < -0.39 is 17.5 Å². The maximum absolute atomic E-state index is 12.7. The zero-order valence-corrected chi connectivity index (χ0v) is 11.1. The molecule has 0 spiro atoms. The van der Waals surface area contributed by atoms with Crippen molar-refractivity contribution in [3.05, 3.63) is 29.3 Å². The van der Waals surface area contributed by atoms with Crippen molar-refractivity contribution >= 4 is 0 Å². The number of rotatable bonds is 2. The highest BCUT2D eigenvalue weighted by Crippen LogP contribution is 2.37. The van der Waals surface area contributed by atoms with Gasteiger partial charge in [-0.2, -0.15) is 13.2 Å². The van der Waals surface area contributed by atoms with E-state index in [1.807, 2.05) is 0 Å². The molecule has 0 atom stereocenters. The molecule has 5 heteroatoms. The quantitative estimate of drug-likeness (QED) is 0.889. The average molecular weight is 273 g/mol. The monoisotopic (exact) mass is 273 g/mol. The van der Waals surface area contributed by atoms with Crippen LogP contribution in [0.3, 0.4) is 0 Å². The highest BCUT2D eigenvalue weighted by atomic mass is 19.4. The molecule has 1 aliphatic heterocycles. The van der Waals surface area contributed by atoms with Crippen molar-refractivity contribution in [3.8, 4) is 5.75 Å². The Morgan fingerprint density at radius 1 is 1.32 bits per heavy atom. The van der Waals surface area contributed by atoms with Gasteiger partial charge in [0.15, 0.2) is 0 Å². The maximum atomic E-state index is 12.7. The highest BCUT2D eigenvalue weighted by Gasteiger charge is 2.34. The lowest BCUT2D eigenvalue weighted by atomic mass is 9.93. The molecule has 106 valence electrons. The summed E-state index contributed by atoms with van der Waals surface area (Å²) < 4.78 is 38.1. The molecule has 1 fully saturated rings. The number of likely N-dealkylation sites (tertiary alicyclic amines) is 1. The number of alkyl halides is 3. The fraction of sp³-hybridized carbons (Fsp3) is 0.571. The zero-order valence-electron chi connectivity index (χ0n) is 11.1. The van der Waals surface area contributed by atoms with Gasteiger partial charge in [-0.05, 0) is 36.1 Å². The van der Waals surface area contributed by atoms with Gasteiger partial charge in [0, 0.05) is 13.1 Å². The largest absolute Gasteiger partial charge is 0.507 e. The minimum absolute atomic E-state index is 0.226. The van der Waals surface area contributed by atoms with E-state index in [9.17, 15) is 18.3 Å². The number of phenols is 1. The van der Waals surface area contributed by atoms with Crippen LogP contribution >= 0.6 is 0 Å². The van der Waals surface area contributed by atoms with Gasteiger partial charge < -0.3 is 5.11 Å². The third-order valence-corrected chi connectivity index (χ3v) is 3.53. The molecular weight excluding hydrogens is 255 g/mol. The first-order chi connectivity index (χ1) is 8.67. The van der Waals surface area contributed by atoms with E-state index >= 15 is 0 Å². The number of hydrogen-bond acceptors (Lipinski definition) is 2. The van der Waals surface area contributed by atoms with Crippen LogP contribution in [0.5, 0.6) is 5.75 Å². The van der Waals surface area contributed by atoms with Gasteiger partial charge in [0.1, 0.15) is 5.75 Å². The Bertz CT molecular complexity index is 468. The maximum Gasteiger partial charge on any atom is 0.419 e. The Morgan fingerprint density at radius 2 is 2.00 bits per heavy atom. The molecule has 1 aromatic rings. The second-order valence-corrected chi connectivity index (χ2v) is 5.97. The number of phenolic OH excluding ortho intramolecular Hbond substituents is 1. The fourth-order valence-corrected chi connectivity index (χ4v) is 2.53. The lowest BCUT2D eigenvalue weighted by molar-refractivity contribution is -0.138. The van der Waals surface area contributed by atoms with Gasteiger partial charge in [0.2, 0.25) is 0 Å². The van der Waals surface area contributed by atoms with Crippen molar-refractivity contribution < 1.29 is 18.3 Å². The van der Waals surface area contributed by atoms with Gasteiger partial charge in [-0.15, -0.1) is 0 Å². The van der Waals surface area contributed by atoms with E-state index in [1.54, 1.807) is 6.07 Å². The molecule has 0 bridgehead atoms. The Kier molecular flexibility index (Phi) is 3.51. The third-order valence-electron chi connectivity index (χ3n) is 3.53. The normalized spacial score (nSPS) is 19.8. The molecule has 0 unspecified atom stereocenters. The summed E-state index contributed by atoms with van der Waals surface area (Å²) >= 11 is 0. The summed E-state index contributed by atoms with van der Waals surface area (Å²) in [6.07, 6.45) is -3.46. The molecule has 1 saturated heterocycles. The van der Waals surface area contributed by atoms with Crippen molar-refractivity contribution in [1.82, 2.24) is 4.90 Å². The Balaban J connectivity index is 2.14. The molecule has 1 aromatic carbocycles. The molecule has 2 nitrogen and oxygen atoms in total. The summed E-state index contributed by atoms with van der Waals surface area (Å²) in [4.78, 5) is 2.15. The molecule has 1 N–H and O–H groups in total. The van der Waals surface area contributed by atoms with E-state index in [-0.39, 0.29) is 5.41 Å². The Hall–Kier alpha value is -1.23. The minimum atomic E-state index is -4.51. The SMILES string of the molecule is CC1(C)CCN(Cc2ccc(O)c(C(F)(F)F)c2)C1. The van der Waals surface area contributed by atoms with Crippen LogP contribution in [-0.2, 0) is 12.7 Å². The topological polar surface area (TPSA) is 23.5 Å². The molecule has 0 aromatic heterocycles. The first kappa shape index (κ1) is 14.2. The van der Waals surface area contributed by atoms with E-state index in [1.165, 1.54) is 0 Å². The lowest BCUT2D eigenvalue weighted by Gasteiger charge is -2.20. The minimum Gasteiger partial charge on any atom is -0.507 e. The Labute approximate surface area is 110 Å². The summed E-state index contributed by atoms with van der Waals surface area (Å²) in [5.74, 6) is -0.710. The molecule has 0 radical (unpaired) electrons. The van der Waals surface area contributed by atoms with Gasteiger partial charge in [-0.25, -0.2) is 0 Å². The molecule has 2 rings (SSSR count). The van der Waals surface area contributed by atoms with E-state index in [0.717, 1.165) is 31.6 Å². The van der Waals surface area contributed by atoms with Gasteiger partial charge >= 0.3 is 6.18 Å². The highest BCUT2D eigenvalue weighted by molar-refractivity contribution is 5.38. The summed E-state index contributed by atoms with van der Waals surface area (Å²) in [6, 6.07) is 3.72. The first-order valence-electron chi connectivity index (χ1n) is 6.29. The van der Waals surface area contributed by atoms with Crippen molar-refractivity contribution in [2.24, 2.45) is 5.41 Å². The average Bonchev–Trinajstić information content (AvgIpc) is 2.59. The molecule has 1 aliphatic rings. The molecule has 19 heavy (non-hydrogen) atoms. The Morgan fingerprint density at radius 3 is 2.53 bits per heavy atom. The second kappa shape index (κ2) is 4.71. The van der Waals surface area contributed by atoms with Crippen LogP contribution in [0.1, 0.15) is 31.4 Å².